The van der Waals surface area contributed by atoms with E-state index in [1.807, 2.05) is 57.2 Å². The van der Waals surface area contributed by atoms with Crippen LogP contribution in [0.1, 0.15) is 39.2 Å². The zero-order chi connectivity index (χ0) is 22.0. The van der Waals surface area contributed by atoms with Crippen LogP contribution >= 0.6 is 11.6 Å². The Kier molecular flexibility index (Phi) is 6.10. The third-order valence-electron chi connectivity index (χ3n) is 5.42. The molecule has 0 spiro atoms. The molecule has 0 bridgehead atoms. The summed E-state index contributed by atoms with van der Waals surface area (Å²) in [6.07, 6.45) is 1.33. The standard InChI is InChI=1S/C24H29ClN4O2/c1-24(2,3)31-23(30)26-18-12-14-28(15-13-18)22-27-20-10-6-7-11-21(20)29(22)16-17-8-4-5-9-19(17)25/h4-11,18H,12-16H2,1-3H3,(H,26,30). The number of nitrogens with one attached hydrogen (secondary N) is 1. The topological polar surface area (TPSA) is 59.4 Å². The SMILES string of the molecule is CC(C)(C)OC(=O)NC1CCN(c2nc3ccccc3n2Cc2ccccc2Cl)CC1. The molecule has 0 saturated carbocycles. The van der Waals surface area contributed by atoms with Crippen LogP contribution in [0.15, 0.2) is 48.5 Å². The van der Waals surface area contributed by atoms with Gasteiger partial charge >= 0.3 is 6.09 Å². The number of nitrogens with zero attached hydrogens (tertiary/aromatic N) is 3. The Balaban J connectivity index is 1.51. The molecule has 0 unspecified atom stereocenters. The molecule has 1 N–H and O–H groups in total. The molecule has 1 saturated heterocycles. The third kappa shape index (κ3) is 5.13. The van der Waals surface area contributed by atoms with Crippen LogP contribution in [0.5, 0.6) is 0 Å². The van der Waals surface area contributed by atoms with E-state index in [0.29, 0.717) is 6.54 Å². The van der Waals surface area contributed by atoms with Crippen molar-refractivity contribution in [1.82, 2.24) is 14.9 Å². The number of halogens is 1. The zero-order valence-corrected chi connectivity index (χ0v) is 19.0. The molecule has 2 aromatic carbocycles. The Morgan fingerprint density at radius 3 is 2.52 bits per heavy atom. The van der Waals surface area contributed by atoms with Gasteiger partial charge in [0.05, 0.1) is 17.6 Å². The van der Waals surface area contributed by atoms with Gasteiger partial charge in [0.2, 0.25) is 5.95 Å². The minimum Gasteiger partial charge on any atom is -0.444 e. The molecular formula is C24H29ClN4O2. The molecule has 4 rings (SSSR count). The maximum atomic E-state index is 12.1. The van der Waals surface area contributed by atoms with Crippen LogP contribution in [-0.4, -0.2) is 40.4 Å². The monoisotopic (exact) mass is 440 g/mol. The molecule has 31 heavy (non-hydrogen) atoms. The Labute approximate surface area is 188 Å². The highest BCUT2D eigenvalue weighted by Gasteiger charge is 2.26. The lowest BCUT2D eigenvalue weighted by atomic mass is 10.1. The number of aromatic nitrogens is 2. The fourth-order valence-corrected chi connectivity index (χ4v) is 4.15. The lowest BCUT2D eigenvalue weighted by Gasteiger charge is -2.33. The van der Waals surface area contributed by atoms with Crippen molar-refractivity contribution in [1.29, 1.82) is 0 Å². The van der Waals surface area contributed by atoms with E-state index in [-0.39, 0.29) is 12.1 Å². The van der Waals surface area contributed by atoms with E-state index in [2.05, 4.69) is 26.9 Å². The second-order valence-electron chi connectivity index (χ2n) is 8.99. The number of hydrogen-bond donors (Lipinski definition) is 1. The molecule has 0 atom stereocenters. The fourth-order valence-electron chi connectivity index (χ4n) is 3.96. The van der Waals surface area contributed by atoms with Gasteiger partial charge in [-0.25, -0.2) is 9.78 Å². The third-order valence-corrected chi connectivity index (χ3v) is 5.79. The van der Waals surface area contributed by atoms with Gasteiger partial charge in [-0.1, -0.05) is 41.9 Å². The quantitative estimate of drug-likeness (QED) is 0.603. The van der Waals surface area contributed by atoms with Crippen molar-refractivity contribution in [3.63, 3.8) is 0 Å². The summed E-state index contributed by atoms with van der Waals surface area (Å²) in [4.78, 5) is 19.3. The first-order valence-corrected chi connectivity index (χ1v) is 11.1. The Morgan fingerprint density at radius 2 is 1.81 bits per heavy atom. The van der Waals surface area contributed by atoms with Crippen LogP contribution in [0.25, 0.3) is 11.0 Å². The molecule has 7 heteroatoms. The lowest BCUT2D eigenvalue weighted by molar-refractivity contribution is 0.0497. The second-order valence-corrected chi connectivity index (χ2v) is 9.39. The van der Waals surface area contributed by atoms with Crippen molar-refractivity contribution >= 4 is 34.7 Å². The minimum absolute atomic E-state index is 0.104. The van der Waals surface area contributed by atoms with Crippen molar-refractivity contribution in [3.05, 3.63) is 59.1 Å². The van der Waals surface area contributed by atoms with E-state index in [0.717, 1.165) is 53.5 Å². The number of para-hydroxylation sites is 2. The number of hydrogen-bond acceptors (Lipinski definition) is 4. The highest BCUT2D eigenvalue weighted by molar-refractivity contribution is 6.31. The van der Waals surface area contributed by atoms with Gasteiger partial charge in [-0.15, -0.1) is 0 Å². The summed E-state index contributed by atoms with van der Waals surface area (Å²) in [6.45, 7) is 7.90. The first kappa shape index (κ1) is 21.5. The van der Waals surface area contributed by atoms with E-state index in [1.54, 1.807) is 0 Å². The molecule has 1 fully saturated rings. The summed E-state index contributed by atoms with van der Waals surface area (Å²) in [5, 5.41) is 3.76. The van der Waals surface area contributed by atoms with E-state index < -0.39 is 5.60 Å². The van der Waals surface area contributed by atoms with Gasteiger partial charge in [-0.3, -0.25) is 0 Å². The fraction of sp³-hybridized carbons (Fsp3) is 0.417. The summed E-state index contributed by atoms with van der Waals surface area (Å²) in [5.74, 6) is 0.942. The first-order chi connectivity index (χ1) is 14.8. The van der Waals surface area contributed by atoms with Crippen LogP contribution in [-0.2, 0) is 11.3 Å². The highest BCUT2D eigenvalue weighted by atomic mass is 35.5. The zero-order valence-electron chi connectivity index (χ0n) is 18.3. The molecule has 0 aliphatic carbocycles. The van der Waals surface area contributed by atoms with Crippen LogP contribution in [0.4, 0.5) is 10.7 Å². The molecule has 2 heterocycles. The number of anilines is 1. The number of piperidine rings is 1. The number of ether oxygens (including phenoxy) is 1. The summed E-state index contributed by atoms with van der Waals surface area (Å²) in [7, 11) is 0. The average molecular weight is 441 g/mol. The van der Waals surface area contributed by atoms with Crippen molar-refractivity contribution in [2.45, 2.75) is 51.8 Å². The predicted molar refractivity (Wildman–Crippen MR) is 125 cm³/mol. The molecule has 3 aromatic rings. The largest absolute Gasteiger partial charge is 0.444 e. The van der Waals surface area contributed by atoms with Crippen molar-refractivity contribution in [2.75, 3.05) is 18.0 Å². The number of fused-ring (bicyclic) bond motifs is 1. The molecule has 1 aliphatic heterocycles. The van der Waals surface area contributed by atoms with Crippen LogP contribution < -0.4 is 10.2 Å². The summed E-state index contributed by atoms with van der Waals surface area (Å²) in [5.41, 5.74) is 2.63. The van der Waals surface area contributed by atoms with Crippen molar-refractivity contribution in [3.8, 4) is 0 Å². The molecule has 6 nitrogen and oxygen atoms in total. The number of rotatable bonds is 4. The highest BCUT2D eigenvalue weighted by Crippen LogP contribution is 2.28. The maximum Gasteiger partial charge on any atom is 0.407 e. The second kappa shape index (κ2) is 8.79. The maximum absolute atomic E-state index is 12.1. The Hall–Kier alpha value is -2.73. The van der Waals surface area contributed by atoms with Crippen LogP contribution in [0.3, 0.4) is 0 Å². The summed E-state index contributed by atoms with van der Waals surface area (Å²) in [6, 6.07) is 16.2. The summed E-state index contributed by atoms with van der Waals surface area (Å²) >= 11 is 6.44. The number of alkyl carbamates (subject to hydrolysis) is 1. The minimum atomic E-state index is -0.492. The number of carbonyl (C=O) groups excluding carboxylic acids is 1. The first-order valence-electron chi connectivity index (χ1n) is 10.7. The smallest absolute Gasteiger partial charge is 0.407 e. The molecule has 1 aromatic heterocycles. The molecule has 164 valence electrons. The number of carbonyl (C=O) groups is 1. The molecule has 1 aliphatic rings. The Bertz CT molecular complexity index is 1060. The van der Waals surface area contributed by atoms with Crippen molar-refractivity contribution < 1.29 is 9.53 Å². The molecular weight excluding hydrogens is 412 g/mol. The van der Waals surface area contributed by atoms with E-state index in [1.165, 1.54) is 0 Å². The Morgan fingerprint density at radius 1 is 1.13 bits per heavy atom. The van der Waals surface area contributed by atoms with E-state index >= 15 is 0 Å². The number of amides is 1. The van der Waals surface area contributed by atoms with Gasteiger partial charge in [-0.2, -0.15) is 0 Å². The number of benzene rings is 2. The molecule has 1 amide bonds. The van der Waals surface area contributed by atoms with Crippen molar-refractivity contribution in [2.24, 2.45) is 0 Å². The van der Waals surface area contributed by atoms with Gasteiger partial charge in [0.15, 0.2) is 0 Å². The van der Waals surface area contributed by atoms with Gasteiger partial charge in [0.1, 0.15) is 5.60 Å². The van der Waals surface area contributed by atoms with Gasteiger partial charge in [-0.05, 0) is 57.4 Å². The lowest BCUT2D eigenvalue weighted by Crippen LogP contribution is -2.46. The van der Waals surface area contributed by atoms with Gasteiger partial charge < -0.3 is 19.5 Å². The van der Waals surface area contributed by atoms with Crippen LogP contribution in [0.2, 0.25) is 5.02 Å². The van der Waals surface area contributed by atoms with Crippen LogP contribution in [0, 0.1) is 0 Å². The van der Waals surface area contributed by atoms with E-state index in [4.69, 9.17) is 21.3 Å². The average Bonchev–Trinajstić information content (AvgIpc) is 3.07. The number of imidazole rings is 1. The summed E-state index contributed by atoms with van der Waals surface area (Å²) < 4.78 is 7.63. The molecule has 0 radical (unpaired) electrons. The van der Waals surface area contributed by atoms with Gasteiger partial charge in [0, 0.05) is 24.2 Å². The normalized spacial score (nSPS) is 15.3. The van der Waals surface area contributed by atoms with E-state index in [9.17, 15) is 4.79 Å². The van der Waals surface area contributed by atoms with Gasteiger partial charge in [0.25, 0.3) is 0 Å². The predicted octanol–water partition coefficient (Wildman–Crippen LogP) is 5.23.